The molecule has 1 N–H and O–H groups in total. The van der Waals surface area contributed by atoms with E-state index >= 15 is 0 Å². The highest BCUT2D eigenvalue weighted by Gasteiger charge is 2.41. The number of rotatable bonds is 4. The highest BCUT2D eigenvalue weighted by Crippen LogP contribution is 2.29. The van der Waals surface area contributed by atoms with Crippen LogP contribution in [0.4, 0.5) is 8.78 Å². The molecule has 1 heterocycles. The summed E-state index contributed by atoms with van der Waals surface area (Å²) >= 11 is 0. The fourth-order valence-corrected chi connectivity index (χ4v) is 3.43. The van der Waals surface area contributed by atoms with E-state index in [4.69, 9.17) is 0 Å². The van der Waals surface area contributed by atoms with Crippen LogP contribution < -0.4 is 5.32 Å². The third-order valence-electron chi connectivity index (χ3n) is 3.52. The molecule has 0 saturated carbocycles. The summed E-state index contributed by atoms with van der Waals surface area (Å²) in [6, 6.07) is 2.51. The van der Waals surface area contributed by atoms with Crippen molar-refractivity contribution in [3.63, 3.8) is 0 Å². The topological polar surface area (TPSA) is 49.4 Å². The molecule has 1 aliphatic rings. The first-order valence-electron chi connectivity index (χ1n) is 6.64. The smallest absolute Gasteiger partial charge is 0.241 e. The van der Waals surface area contributed by atoms with Crippen LogP contribution in [0.15, 0.2) is 18.2 Å². The monoisotopic (exact) mass is 316 g/mol. The quantitative estimate of drug-likeness (QED) is 0.917. The van der Waals surface area contributed by atoms with E-state index in [0.29, 0.717) is 5.75 Å². The normalized spacial score (nSPS) is 25.2. The van der Waals surface area contributed by atoms with Crippen LogP contribution in [0.5, 0.6) is 0 Å². The molecule has 4 nitrogen and oxygen atoms in total. The van der Waals surface area contributed by atoms with Crippen molar-refractivity contribution in [3.05, 3.63) is 35.4 Å². The highest BCUT2D eigenvalue weighted by molar-refractivity contribution is 7.84. The Morgan fingerprint density at radius 3 is 2.67 bits per heavy atom. The maximum atomic E-state index is 14.0. The fourth-order valence-electron chi connectivity index (χ4n) is 2.59. The predicted molar refractivity (Wildman–Crippen MR) is 76.9 cm³/mol. The van der Waals surface area contributed by atoms with E-state index in [1.807, 2.05) is 0 Å². The molecule has 0 aromatic heterocycles. The maximum absolute atomic E-state index is 14.0. The summed E-state index contributed by atoms with van der Waals surface area (Å²) in [7, 11) is -1.07. The molecule has 2 rings (SSSR count). The minimum absolute atomic E-state index is 0.179. The number of nitrogens with one attached hydrogen (secondary N) is 1. The van der Waals surface area contributed by atoms with Gasteiger partial charge in [-0.3, -0.25) is 14.3 Å². The van der Waals surface area contributed by atoms with Crippen molar-refractivity contribution in [1.82, 2.24) is 10.2 Å². The zero-order chi connectivity index (χ0) is 15.7. The molecule has 21 heavy (non-hydrogen) atoms. The lowest BCUT2D eigenvalue weighted by Gasteiger charge is -2.30. The minimum Gasteiger partial charge on any atom is -0.318 e. The van der Waals surface area contributed by atoms with E-state index in [0.717, 1.165) is 12.1 Å². The Balaban J connectivity index is 2.35. The molecule has 116 valence electrons. The predicted octanol–water partition coefficient (Wildman–Crippen LogP) is 1.55. The molecule has 0 aliphatic carbocycles. The van der Waals surface area contributed by atoms with E-state index in [1.54, 1.807) is 20.1 Å². The van der Waals surface area contributed by atoms with E-state index in [1.165, 1.54) is 11.0 Å². The van der Waals surface area contributed by atoms with Gasteiger partial charge in [0, 0.05) is 40.5 Å². The lowest BCUT2D eigenvalue weighted by Crippen LogP contribution is -2.41. The number of hydrogen-bond donors (Lipinski definition) is 1. The first-order chi connectivity index (χ1) is 9.81. The lowest BCUT2D eigenvalue weighted by molar-refractivity contribution is -0.131. The summed E-state index contributed by atoms with van der Waals surface area (Å²) in [4.78, 5) is 13.7. The molecule has 0 spiro atoms. The van der Waals surface area contributed by atoms with Crippen LogP contribution in [-0.4, -0.2) is 39.1 Å². The molecule has 0 bridgehead atoms. The molecule has 0 radical (unpaired) electrons. The fraction of sp³-hybridized carbons (Fsp3) is 0.500. The standard InChI is InChI=1S/C14H18F2N2O2S/c1-8(7-21(3)20)18-13(17-9(2)14(18)19)11-5-4-10(15)6-12(11)16/h4-6,8-9,13,17H,7H2,1-3H3. The zero-order valence-corrected chi connectivity index (χ0v) is 12.9. The third kappa shape index (κ3) is 3.29. The zero-order valence-electron chi connectivity index (χ0n) is 12.1. The lowest BCUT2D eigenvalue weighted by atomic mass is 10.1. The van der Waals surface area contributed by atoms with Gasteiger partial charge in [0.25, 0.3) is 0 Å². The van der Waals surface area contributed by atoms with Crippen LogP contribution >= 0.6 is 0 Å². The van der Waals surface area contributed by atoms with Gasteiger partial charge in [0.05, 0.1) is 6.04 Å². The summed E-state index contributed by atoms with van der Waals surface area (Å²) in [5.41, 5.74) is 0.211. The van der Waals surface area contributed by atoms with Crippen molar-refractivity contribution >= 4 is 16.7 Å². The van der Waals surface area contributed by atoms with E-state index in [9.17, 15) is 17.8 Å². The average molecular weight is 316 g/mol. The number of carbonyl (C=O) groups excluding carboxylic acids is 1. The van der Waals surface area contributed by atoms with Crippen LogP contribution in [-0.2, 0) is 15.6 Å². The van der Waals surface area contributed by atoms with Gasteiger partial charge in [0.2, 0.25) is 5.91 Å². The minimum atomic E-state index is -1.07. The molecule has 1 aliphatic heterocycles. The molecule has 4 atom stereocenters. The van der Waals surface area contributed by atoms with Gasteiger partial charge in [0.15, 0.2) is 0 Å². The van der Waals surface area contributed by atoms with Crippen molar-refractivity contribution in [2.24, 2.45) is 0 Å². The van der Waals surface area contributed by atoms with Crippen LogP contribution in [0.25, 0.3) is 0 Å². The van der Waals surface area contributed by atoms with Gasteiger partial charge in [-0.15, -0.1) is 0 Å². The third-order valence-corrected chi connectivity index (χ3v) is 4.47. The van der Waals surface area contributed by atoms with Gasteiger partial charge >= 0.3 is 0 Å². The number of carbonyl (C=O) groups is 1. The van der Waals surface area contributed by atoms with Gasteiger partial charge in [-0.1, -0.05) is 0 Å². The number of benzene rings is 1. The average Bonchev–Trinajstić information content (AvgIpc) is 2.64. The second-order valence-corrected chi connectivity index (χ2v) is 6.77. The Kier molecular flexibility index (Phi) is 4.73. The number of nitrogens with zero attached hydrogens (tertiary/aromatic N) is 1. The first kappa shape index (κ1) is 16.0. The van der Waals surface area contributed by atoms with Gasteiger partial charge in [0.1, 0.15) is 17.8 Å². The maximum Gasteiger partial charge on any atom is 0.241 e. The molecule has 1 saturated heterocycles. The number of hydrogen-bond acceptors (Lipinski definition) is 3. The van der Waals surface area contributed by atoms with Crippen LogP contribution in [0, 0.1) is 11.6 Å². The van der Waals surface area contributed by atoms with E-state index in [2.05, 4.69) is 5.32 Å². The SMILES string of the molecule is CC1NC(c2ccc(F)cc2F)N(C(C)CS(C)=O)C1=O. The van der Waals surface area contributed by atoms with Crippen LogP contribution in [0.1, 0.15) is 25.6 Å². The van der Waals surface area contributed by atoms with Crippen molar-refractivity contribution < 1.29 is 17.8 Å². The summed E-state index contributed by atoms with van der Waals surface area (Å²) in [5.74, 6) is -1.24. The van der Waals surface area contributed by atoms with Crippen molar-refractivity contribution in [1.29, 1.82) is 0 Å². The van der Waals surface area contributed by atoms with Gasteiger partial charge in [-0.25, -0.2) is 8.78 Å². The Bertz CT molecular complexity index is 582. The van der Waals surface area contributed by atoms with Gasteiger partial charge in [-0.05, 0) is 26.0 Å². The Morgan fingerprint density at radius 1 is 1.43 bits per heavy atom. The number of halogens is 2. The summed E-state index contributed by atoms with van der Waals surface area (Å²) in [6.45, 7) is 3.46. The summed E-state index contributed by atoms with van der Waals surface area (Å²) in [6.07, 6.45) is 0.883. The molecular weight excluding hydrogens is 298 g/mol. The molecule has 1 aromatic rings. The second kappa shape index (κ2) is 6.19. The van der Waals surface area contributed by atoms with Crippen molar-refractivity contribution in [2.75, 3.05) is 12.0 Å². The van der Waals surface area contributed by atoms with Crippen LogP contribution in [0.3, 0.4) is 0 Å². The van der Waals surface area contributed by atoms with Gasteiger partial charge in [-0.2, -0.15) is 0 Å². The van der Waals surface area contributed by atoms with Crippen molar-refractivity contribution in [2.45, 2.75) is 32.1 Å². The Labute approximate surface area is 125 Å². The Morgan fingerprint density at radius 2 is 2.10 bits per heavy atom. The summed E-state index contributed by atoms with van der Waals surface area (Å²) < 4.78 is 38.4. The number of amides is 1. The molecule has 1 fully saturated rings. The Hall–Kier alpha value is -1.34. The second-order valence-electron chi connectivity index (χ2n) is 5.29. The first-order valence-corrected chi connectivity index (χ1v) is 8.37. The van der Waals surface area contributed by atoms with Gasteiger partial charge < -0.3 is 4.90 Å². The van der Waals surface area contributed by atoms with E-state index < -0.39 is 34.6 Å². The van der Waals surface area contributed by atoms with Crippen molar-refractivity contribution in [3.8, 4) is 0 Å². The molecule has 7 heteroatoms. The molecule has 4 unspecified atom stereocenters. The largest absolute Gasteiger partial charge is 0.318 e. The highest BCUT2D eigenvalue weighted by atomic mass is 32.2. The van der Waals surface area contributed by atoms with Crippen LogP contribution in [0.2, 0.25) is 0 Å². The van der Waals surface area contributed by atoms with E-state index in [-0.39, 0.29) is 17.5 Å². The molecule has 1 aromatic carbocycles. The summed E-state index contributed by atoms with van der Waals surface area (Å²) in [5, 5.41) is 3.00. The molecular formula is C14H18F2N2O2S. The molecule has 1 amide bonds.